The van der Waals surface area contributed by atoms with Gasteiger partial charge in [-0.25, -0.2) is 0 Å². The van der Waals surface area contributed by atoms with Gasteiger partial charge in [0, 0.05) is 23.0 Å². The van der Waals surface area contributed by atoms with Crippen LogP contribution in [0.25, 0.3) is 11.1 Å². The Morgan fingerprint density at radius 2 is 1.88 bits per heavy atom. The monoisotopic (exact) mass is 389 g/mol. The number of benzene rings is 2. The number of nitrogens with one attached hydrogen (secondary N) is 1. The van der Waals surface area contributed by atoms with Gasteiger partial charge in [-0.15, -0.1) is 0 Å². The third-order valence-corrected chi connectivity index (χ3v) is 5.23. The fourth-order valence-electron chi connectivity index (χ4n) is 2.63. The molecular formula is C20H17Cl2NOS. The molecule has 5 heteroatoms. The second kappa shape index (κ2) is 8.52. The number of hydrogen-bond donors (Lipinski definition) is 1. The summed E-state index contributed by atoms with van der Waals surface area (Å²) in [5.74, 6) is 0.00568. The quantitative estimate of drug-likeness (QED) is 0.552. The van der Waals surface area contributed by atoms with Crippen molar-refractivity contribution in [3.63, 3.8) is 0 Å². The van der Waals surface area contributed by atoms with E-state index in [1.165, 1.54) is 5.56 Å². The summed E-state index contributed by atoms with van der Waals surface area (Å²) in [4.78, 5) is 12.2. The number of thiophene rings is 1. The summed E-state index contributed by atoms with van der Waals surface area (Å²) in [6, 6.07) is 15.6. The topological polar surface area (TPSA) is 29.1 Å². The van der Waals surface area contributed by atoms with Crippen LogP contribution in [0.15, 0.2) is 59.3 Å². The van der Waals surface area contributed by atoms with Crippen molar-refractivity contribution in [3.8, 4) is 11.1 Å². The Morgan fingerprint density at radius 1 is 1.04 bits per heavy atom. The Hall–Kier alpha value is -1.81. The van der Waals surface area contributed by atoms with E-state index in [0.717, 1.165) is 16.7 Å². The minimum absolute atomic E-state index is 0.00568. The Bertz CT molecular complexity index is 862. The predicted octanol–water partition coefficient (Wildman–Crippen LogP) is 5.97. The first-order chi connectivity index (χ1) is 12.1. The molecule has 2 nitrogen and oxygen atoms in total. The van der Waals surface area contributed by atoms with E-state index >= 15 is 0 Å². The van der Waals surface area contributed by atoms with Crippen molar-refractivity contribution in [1.82, 2.24) is 5.32 Å². The van der Waals surface area contributed by atoms with Crippen LogP contribution in [0.3, 0.4) is 0 Å². The van der Waals surface area contributed by atoms with E-state index in [-0.39, 0.29) is 5.91 Å². The van der Waals surface area contributed by atoms with Crippen molar-refractivity contribution >= 4 is 40.4 Å². The highest BCUT2D eigenvalue weighted by molar-refractivity contribution is 7.08. The molecule has 0 spiro atoms. The lowest BCUT2D eigenvalue weighted by molar-refractivity contribution is -0.121. The molecule has 25 heavy (non-hydrogen) atoms. The average molecular weight is 390 g/mol. The largest absolute Gasteiger partial charge is 0.352 e. The van der Waals surface area contributed by atoms with Crippen LogP contribution in [0.1, 0.15) is 17.5 Å². The van der Waals surface area contributed by atoms with Gasteiger partial charge in [-0.05, 0) is 57.6 Å². The number of carbonyl (C=O) groups is 1. The van der Waals surface area contributed by atoms with Gasteiger partial charge >= 0.3 is 0 Å². The molecule has 0 aliphatic rings. The molecule has 0 fully saturated rings. The molecule has 0 atom stereocenters. The molecule has 3 rings (SSSR count). The minimum atomic E-state index is 0.00568. The van der Waals surface area contributed by atoms with Crippen molar-refractivity contribution in [3.05, 3.63) is 80.5 Å². The van der Waals surface area contributed by atoms with Crippen molar-refractivity contribution in [2.75, 3.05) is 0 Å². The summed E-state index contributed by atoms with van der Waals surface area (Å²) >= 11 is 13.7. The number of aryl methyl sites for hydroxylation is 1. The van der Waals surface area contributed by atoms with Gasteiger partial charge in [0.05, 0.1) is 0 Å². The van der Waals surface area contributed by atoms with Gasteiger partial charge < -0.3 is 5.32 Å². The molecule has 128 valence electrons. The average Bonchev–Trinajstić information content (AvgIpc) is 3.14. The molecule has 0 saturated heterocycles. The van der Waals surface area contributed by atoms with E-state index in [9.17, 15) is 4.79 Å². The Balaban J connectivity index is 1.58. The second-order valence-electron chi connectivity index (χ2n) is 5.68. The zero-order valence-corrected chi connectivity index (χ0v) is 15.8. The van der Waals surface area contributed by atoms with Crippen LogP contribution >= 0.6 is 34.5 Å². The van der Waals surface area contributed by atoms with Crippen LogP contribution in [0, 0.1) is 0 Å². The minimum Gasteiger partial charge on any atom is -0.352 e. The molecule has 1 amide bonds. The van der Waals surface area contributed by atoms with Crippen LogP contribution in [0.2, 0.25) is 10.0 Å². The van der Waals surface area contributed by atoms with E-state index in [2.05, 4.69) is 28.2 Å². The van der Waals surface area contributed by atoms with Gasteiger partial charge in [0.1, 0.15) is 0 Å². The third-order valence-electron chi connectivity index (χ3n) is 3.96. The maximum absolute atomic E-state index is 12.2. The lowest BCUT2D eigenvalue weighted by Crippen LogP contribution is -2.23. The number of rotatable bonds is 6. The molecule has 0 saturated carbocycles. The number of halogens is 2. The van der Waals surface area contributed by atoms with Gasteiger partial charge in [-0.1, -0.05) is 53.5 Å². The first kappa shape index (κ1) is 18.0. The van der Waals surface area contributed by atoms with Gasteiger partial charge in [0.2, 0.25) is 5.91 Å². The summed E-state index contributed by atoms with van der Waals surface area (Å²) in [6.45, 7) is 0.513. The normalized spacial score (nSPS) is 10.6. The molecule has 3 aromatic rings. The Labute approximate surface area is 161 Å². The standard InChI is InChI=1S/C20H17Cl2NOS/c21-17-7-5-14(19(22)11-17)6-8-20(24)23-12-15-3-1-2-4-18(15)16-9-10-25-13-16/h1-5,7,9-11,13H,6,8,12H2,(H,23,24). The molecule has 0 aliphatic heterocycles. The van der Waals surface area contributed by atoms with Crippen molar-refractivity contribution in [1.29, 1.82) is 0 Å². The zero-order valence-electron chi connectivity index (χ0n) is 13.5. The molecule has 0 aliphatic carbocycles. The smallest absolute Gasteiger partial charge is 0.220 e. The molecule has 1 aromatic heterocycles. The summed E-state index contributed by atoms with van der Waals surface area (Å²) in [7, 11) is 0. The van der Waals surface area contributed by atoms with E-state index < -0.39 is 0 Å². The van der Waals surface area contributed by atoms with E-state index in [1.807, 2.05) is 24.3 Å². The number of carbonyl (C=O) groups excluding carboxylic acids is 1. The van der Waals surface area contributed by atoms with Gasteiger partial charge in [-0.3, -0.25) is 4.79 Å². The first-order valence-corrected chi connectivity index (χ1v) is 9.64. The van der Waals surface area contributed by atoms with Gasteiger partial charge in [-0.2, -0.15) is 11.3 Å². The summed E-state index contributed by atoms with van der Waals surface area (Å²) < 4.78 is 0. The van der Waals surface area contributed by atoms with Gasteiger partial charge in [0.25, 0.3) is 0 Å². The van der Waals surface area contributed by atoms with E-state index in [1.54, 1.807) is 23.5 Å². The SMILES string of the molecule is O=C(CCc1ccc(Cl)cc1Cl)NCc1ccccc1-c1ccsc1. The van der Waals surface area contributed by atoms with Crippen LogP contribution in [-0.4, -0.2) is 5.91 Å². The first-order valence-electron chi connectivity index (χ1n) is 7.94. The van der Waals surface area contributed by atoms with Crippen molar-refractivity contribution in [2.45, 2.75) is 19.4 Å². The van der Waals surface area contributed by atoms with E-state index in [0.29, 0.717) is 29.4 Å². The lowest BCUT2D eigenvalue weighted by Gasteiger charge is -2.10. The van der Waals surface area contributed by atoms with Crippen LogP contribution in [-0.2, 0) is 17.8 Å². The molecule has 1 N–H and O–H groups in total. The molecule has 0 radical (unpaired) electrons. The maximum atomic E-state index is 12.2. The third kappa shape index (κ3) is 4.85. The van der Waals surface area contributed by atoms with Crippen LogP contribution in [0.5, 0.6) is 0 Å². The fourth-order valence-corrected chi connectivity index (χ4v) is 3.79. The van der Waals surface area contributed by atoms with E-state index in [4.69, 9.17) is 23.2 Å². The summed E-state index contributed by atoms with van der Waals surface area (Å²) in [5, 5.41) is 8.37. The van der Waals surface area contributed by atoms with Crippen molar-refractivity contribution in [2.24, 2.45) is 0 Å². The number of hydrogen-bond acceptors (Lipinski definition) is 2. The van der Waals surface area contributed by atoms with Gasteiger partial charge in [0.15, 0.2) is 0 Å². The number of amides is 1. The molecule has 1 heterocycles. The van der Waals surface area contributed by atoms with Crippen LogP contribution in [0.4, 0.5) is 0 Å². The molecule has 0 unspecified atom stereocenters. The Kier molecular flexibility index (Phi) is 6.14. The van der Waals surface area contributed by atoms with Crippen LogP contribution < -0.4 is 5.32 Å². The summed E-state index contributed by atoms with van der Waals surface area (Å²) in [6.07, 6.45) is 0.982. The fraction of sp³-hybridized carbons (Fsp3) is 0.150. The Morgan fingerprint density at radius 3 is 2.64 bits per heavy atom. The lowest BCUT2D eigenvalue weighted by atomic mass is 10.0. The molecular weight excluding hydrogens is 373 g/mol. The second-order valence-corrected chi connectivity index (χ2v) is 7.31. The molecule has 0 bridgehead atoms. The zero-order chi connectivity index (χ0) is 17.6. The molecule has 2 aromatic carbocycles. The highest BCUT2D eigenvalue weighted by atomic mass is 35.5. The highest BCUT2D eigenvalue weighted by Crippen LogP contribution is 2.26. The maximum Gasteiger partial charge on any atom is 0.220 e. The highest BCUT2D eigenvalue weighted by Gasteiger charge is 2.08. The summed E-state index contributed by atoms with van der Waals surface area (Å²) in [5.41, 5.74) is 4.38. The van der Waals surface area contributed by atoms with Crippen molar-refractivity contribution < 1.29 is 4.79 Å². The predicted molar refractivity (Wildman–Crippen MR) is 106 cm³/mol.